The molecule has 0 spiro atoms. The minimum Gasteiger partial charge on any atom is -0.356 e. The van der Waals surface area contributed by atoms with Gasteiger partial charge in [-0.1, -0.05) is 27.6 Å². The third kappa shape index (κ3) is 4.78. The van der Waals surface area contributed by atoms with Crippen molar-refractivity contribution in [2.24, 2.45) is 0 Å². The molecule has 2 aromatic rings. The van der Waals surface area contributed by atoms with Gasteiger partial charge in [0.1, 0.15) is 0 Å². The first kappa shape index (κ1) is 17.9. The first-order valence-corrected chi connectivity index (χ1v) is 9.52. The van der Waals surface area contributed by atoms with Gasteiger partial charge < -0.3 is 5.32 Å². The maximum Gasteiger partial charge on any atom is 0.261 e. The predicted octanol–water partition coefficient (Wildman–Crippen LogP) is 3.56. The van der Waals surface area contributed by atoms with Gasteiger partial charge in [-0.2, -0.15) is 0 Å². The van der Waals surface area contributed by atoms with Crippen LogP contribution in [0.5, 0.6) is 0 Å². The lowest BCUT2D eigenvalue weighted by atomic mass is 9.97. The van der Waals surface area contributed by atoms with Crippen LogP contribution in [0.15, 0.2) is 45.4 Å². The molecule has 0 unspecified atom stereocenters. The summed E-state index contributed by atoms with van der Waals surface area (Å²) in [5.74, 6) is -0.0300. The summed E-state index contributed by atoms with van der Waals surface area (Å²) >= 11 is 3.37. The molecule has 1 amide bonds. The van der Waals surface area contributed by atoms with Crippen LogP contribution in [0.2, 0.25) is 0 Å². The Bertz CT molecular complexity index is 857. The van der Waals surface area contributed by atoms with Gasteiger partial charge in [0.25, 0.3) is 5.56 Å². The minimum absolute atomic E-state index is 0.0300. The van der Waals surface area contributed by atoms with Gasteiger partial charge >= 0.3 is 0 Å². The van der Waals surface area contributed by atoms with Crippen LogP contribution in [0.25, 0.3) is 10.9 Å². The number of carbonyl (C=O) groups excluding carboxylic acids is 1. The molecule has 0 fully saturated rings. The molecule has 0 bridgehead atoms. The van der Waals surface area contributed by atoms with Crippen molar-refractivity contribution >= 4 is 32.7 Å². The Morgan fingerprint density at radius 1 is 1.32 bits per heavy atom. The molecular weight excluding hydrogens is 382 g/mol. The summed E-state index contributed by atoms with van der Waals surface area (Å²) in [5, 5.41) is 3.50. The van der Waals surface area contributed by atoms with Gasteiger partial charge in [0, 0.05) is 24.0 Å². The van der Waals surface area contributed by atoms with E-state index >= 15 is 0 Å². The highest BCUT2D eigenvalue weighted by Gasteiger charge is 2.08. The summed E-state index contributed by atoms with van der Waals surface area (Å²) < 4.78 is 2.34. The molecule has 0 radical (unpaired) electrons. The standard InChI is InChI=1S/C19H22BrN3O2/c20-15-6-7-17-16(12-15)19(25)23(13-22-17)11-9-18(24)21-10-8-14-4-2-1-3-5-14/h4,6-7,12-13H,1-3,5,8-11H2,(H,21,24). The van der Waals surface area contributed by atoms with Gasteiger partial charge in [0.2, 0.25) is 5.91 Å². The predicted molar refractivity (Wildman–Crippen MR) is 102 cm³/mol. The van der Waals surface area contributed by atoms with Crippen molar-refractivity contribution in [2.75, 3.05) is 6.54 Å². The minimum atomic E-state index is -0.119. The summed E-state index contributed by atoms with van der Waals surface area (Å²) in [6.45, 7) is 1.01. The van der Waals surface area contributed by atoms with Gasteiger partial charge in [-0.25, -0.2) is 4.98 Å². The van der Waals surface area contributed by atoms with Crippen LogP contribution in [0.3, 0.4) is 0 Å². The molecule has 25 heavy (non-hydrogen) atoms. The molecule has 1 aromatic carbocycles. The van der Waals surface area contributed by atoms with E-state index in [1.807, 2.05) is 6.07 Å². The molecule has 1 heterocycles. The Balaban J connectivity index is 1.53. The van der Waals surface area contributed by atoms with Gasteiger partial charge in [-0.3, -0.25) is 14.2 Å². The third-order valence-electron chi connectivity index (χ3n) is 4.52. The van der Waals surface area contributed by atoms with Crippen molar-refractivity contribution in [2.45, 2.75) is 45.1 Å². The number of aryl methyl sites for hydroxylation is 1. The number of rotatable bonds is 6. The molecule has 0 saturated heterocycles. The van der Waals surface area contributed by atoms with Crippen LogP contribution in [0, 0.1) is 0 Å². The topological polar surface area (TPSA) is 64.0 Å². The Morgan fingerprint density at radius 2 is 2.20 bits per heavy atom. The lowest BCUT2D eigenvalue weighted by Crippen LogP contribution is -2.28. The van der Waals surface area contributed by atoms with Gasteiger partial charge in [-0.15, -0.1) is 0 Å². The van der Waals surface area contributed by atoms with E-state index in [0.717, 1.165) is 23.7 Å². The summed E-state index contributed by atoms with van der Waals surface area (Å²) in [6, 6.07) is 5.42. The average molecular weight is 404 g/mol. The molecule has 1 N–H and O–H groups in total. The van der Waals surface area contributed by atoms with Crippen molar-refractivity contribution in [1.29, 1.82) is 0 Å². The van der Waals surface area contributed by atoms with Crippen molar-refractivity contribution in [3.63, 3.8) is 0 Å². The quantitative estimate of drug-likeness (QED) is 0.749. The van der Waals surface area contributed by atoms with E-state index in [2.05, 4.69) is 32.3 Å². The second-order valence-corrected chi connectivity index (χ2v) is 7.28. The lowest BCUT2D eigenvalue weighted by Gasteiger charge is -2.13. The van der Waals surface area contributed by atoms with Crippen molar-refractivity contribution in [3.05, 3.63) is 51.0 Å². The Hall–Kier alpha value is -1.95. The van der Waals surface area contributed by atoms with E-state index in [4.69, 9.17) is 0 Å². The Morgan fingerprint density at radius 3 is 3.00 bits per heavy atom. The molecule has 0 aliphatic heterocycles. The highest BCUT2D eigenvalue weighted by Crippen LogP contribution is 2.19. The fourth-order valence-corrected chi connectivity index (χ4v) is 3.46. The zero-order valence-electron chi connectivity index (χ0n) is 14.1. The zero-order valence-corrected chi connectivity index (χ0v) is 15.7. The number of halogens is 1. The largest absolute Gasteiger partial charge is 0.356 e. The maximum atomic E-state index is 12.5. The number of hydrogen-bond donors (Lipinski definition) is 1. The number of allylic oxidation sites excluding steroid dienone is 1. The number of nitrogens with zero attached hydrogens (tertiary/aromatic N) is 2. The van der Waals surface area contributed by atoms with E-state index < -0.39 is 0 Å². The number of fused-ring (bicyclic) bond motifs is 1. The van der Waals surface area contributed by atoms with Crippen LogP contribution in [-0.2, 0) is 11.3 Å². The molecule has 1 aromatic heterocycles. The van der Waals surface area contributed by atoms with Crippen molar-refractivity contribution in [3.8, 4) is 0 Å². The Labute approximate surface area is 155 Å². The fraction of sp³-hybridized carbons (Fsp3) is 0.421. The first-order chi connectivity index (χ1) is 12.1. The fourth-order valence-electron chi connectivity index (χ4n) is 3.10. The van der Waals surface area contributed by atoms with E-state index in [9.17, 15) is 9.59 Å². The normalized spacial score (nSPS) is 14.4. The van der Waals surface area contributed by atoms with Crippen LogP contribution in [-0.4, -0.2) is 22.0 Å². The molecule has 1 aliphatic carbocycles. The van der Waals surface area contributed by atoms with Crippen molar-refractivity contribution in [1.82, 2.24) is 14.9 Å². The summed E-state index contributed by atoms with van der Waals surface area (Å²) in [4.78, 5) is 28.8. The van der Waals surface area contributed by atoms with E-state index in [-0.39, 0.29) is 17.9 Å². The van der Waals surface area contributed by atoms with E-state index in [0.29, 0.717) is 24.0 Å². The van der Waals surface area contributed by atoms with Crippen LogP contribution in [0.4, 0.5) is 0 Å². The van der Waals surface area contributed by atoms with Crippen molar-refractivity contribution < 1.29 is 4.79 Å². The molecular formula is C19H22BrN3O2. The number of carbonyl (C=O) groups is 1. The van der Waals surface area contributed by atoms with E-state index in [1.165, 1.54) is 29.3 Å². The monoisotopic (exact) mass is 403 g/mol. The van der Waals surface area contributed by atoms with Crippen LogP contribution >= 0.6 is 15.9 Å². The van der Waals surface area contributed by atoms with Crippen LogP contribution < -0.4 is 10.9 Å². The first-order valence-electron chi connectivity index (χ1n) is 8.73. The summed E-state index contributed by atoms with van der Waals surface area (Å²) in [5.41, 5.74) is 1.99. The number of aromatic nitrogens is 2. The molecule has 1 aliphatic rings. The highest BCUT2D eigenvalue weighted by atomic mass is 79.9. The van der Waals surface area contributed by atoms with Gasteiger partial charge in [0.05, 0.1) is 17.2 Å². The van der Waals surface area contributed by atoms with Gasteiger partial charge in [0.15, 0.2) is 0 Å². The number of hydrogen-bond acceptors (Lipinski definition) is 3. The molecule has 3 rings (SSSR count). The zero-order chi connectivity index (χ0) is 17.6. The molecule has 0 atom stereocenters. The number of nitrogens with one attached hydrogen (secondary N) is 1. The number of benzene rings is 1. The van der Waals surface area contributed by atoms with Gasteiger partial charge in [-0.05, 0) is 50.3 Å². The second kappa shape index (κ2) is 8.43. The number of amides is 1. The molecule has 132 valence electrons. The smallest absolute Gasteiger partial charge is 0.261 e. The third-order valence-corrected chi connectivity index (χ3v) is 5.01. The molecule has 6 heteroatoms. The highest BCUT2D eigenvalue weighted by molar-refractivity contribution is 9.10. The maximum absolute atomic E-state index is 12.5. The molecule has 0 saturated carbocycles. The Kier molecular flexibility index (Phi) is 6.02. The summed E-state index contributed by atoms with van der Waals surface area (Å²) in [6.07, 6.45) is 9.87. The SMILES string of the molecule is O=C(CCn1cnc2ccc(Br)cc2c1=O)NCCC1=CCCCC1. The average Bonchev–Trinajstić information content (AvgIpc) is 2.62. The van der Waals surface area contributed by atoms with E-state index in [1.54, 1.807) is 12.1 Å². The summed E-state index contributed by atoms with van der Waals surface area (Å²) in [7, 11) is 0. The van der Waals surface area contributed by atoms with Crippen LogP contribution in [0.1, 0.15) is 38.5 Å². The molecule has 5 nitrogen and oxygen atoms in total. The lowest BCUT2D eigenvalue weighted by molar-refractivity contribution is -0.121. The second-order valence-electron chi connectivity index (χ2n) is 6.36.